The van der Waals surface area contributed by atoms with E-state index >= 15 is 0 Å². The molecule has 5 nitrogen and oxygen atoms in total. The van der Waals surface area contributed by atoms with E-state index in [1.54, 1.807) is 0 Å². The molecule has 3 N–H and O–H groups in total. The van der Waals surface area contributed by atoms with E-state index in [4.69, 9.17) is 15.4 Å². The number of hydrogen-bond acceptors (Lipinski definition) is 5. The minimum absolute atomic E-state index is 0.158. The molecular weight excluding hydrogens is 194 g/mol. The third-order valence-electron chi connectivity index (χ3n) is 2.26. The van der Waals surface area contributed by atoms with Crippen molar-refractivity contribution in [3.63, 3.8) is 0 Å². The molecule has 5 heteroatoms. The molecule has 0 aromatic carbocycles. The Bertz CT molecular complexity index is 275. The minimum atomic E-state index is -0.529. The molecule has 1 aromatic heterocycles. The Morgan fingerprint density at radius 1 is 1.40 bits per heavy atom. The largest absolute Gasteiger partial charge is 0.394 e. The number of nitrogens with two attached hydrogens (primary N) is 1. The van der Waals surface area contributed by atoms with E-state index in [0.29, 0.717) is 11.7 Å². The van der Waals surface area contributed by atoms with Crippen LogP contribution in [0, 0.1) is 0 Å². The molecule has 0 saturated heterocycles. The maximum absolute atomic E-state index is 8.80. The summed E-state index contributed by atoms with van der Waals surface area (Å²) in [5.74, 6) is 1.01. The van der Waals surface area contributed by atoms with Gasteiger partial charge in [-0.1, -0.05) is 31.3 Å². The van der Waals surface area contributed by atoms with Crippen LogP contribution in [0.5, 0.6) is 0 Å². The number of aryl methyl sites for hydroxylation is 1. The molecule has 86 valence electrons. The van der Waals surface area contributed by atoms with Gasteiger partial charge in [-0.25, -0.2) is 0 Å². The van der Waals surface area contributed by atoms with Gasteiger partial charge >= 0.3 is 0 Å². The van der Waals surface area contributed by atoms with E-state index < -0.39 is 6.04 Å². The van der Waals surface area contributed by atoms with Crippen LogP contribution in [0.4, 0.5) is 0 Å². The second kappa shape index (κ2) is 6.53. The Balaban J connectivity index is 2.33. The van der Waals surface area contributed by atoms with E-state index in [0.717, 1.165) is 12.8 Å². The number of aromatic nitrogens is 2. The van der Waals surface area contributed by atoms with E-state index in [1.165, 1.54) is 19.3 Å². The van der Waals surface area contributed by atoms with Crippen LogP contribution in [-0.4, -0.2) is 21.9 Å². The molecule has 1 rings (SSSR count). The zero-order valence-corrected chi connectivity index (χ0v) is 9.15. The lowest BCUT2D eigenvalue weighted by atomic mass is 10.1. The summed E-state index contributed by atoms with van der Waals surface area (Å²) in [7, 11) is 0. The number of hydrogen-bond donors (Lipinski definition) is 2. The molecule has 0 fully saturated rings. The predicted molar refractivity (Wildman–Crippen MR) is 56.2 cm³/mol. The van der Waals surface area contributed by atoms with Crippen molar-refractivity contribution in [2.45, 2.75) is 45.1 Å². The van der Waals surface area contributed by atoms with Gasteiger partial charge in [0.1, 0.15) is 0 Å². The SMILES string of the molecule is CCCCCCc1nc(C(N)CO)no1. The summed E-state index contributed by atoms with van der Waals surface area (Å²) in [6.07, 6.45) is 5.48. The third kappa shape index (κ3) is 3.97. The van der Waals surface area contributed by atoms with E-state index in [2.05, 4.69) is 17.1 Å². The normalized spacial score (nSPS) is 13.0. The Morgan fingerprint density at radius 2 is 2.20 bits per heavy atom. The highest BCUT2D eigenvalue weighted by Crippen LogP contribution is 2.09. The van der Waals surface area contributed by atoms with Gasteiger partial charge in [0, 0.05) is 6.42 Å². The molecule has 0 saturated carbocycles. The Labute approximate surface area is 89.7 Å². The van der Waals surface area contributed by atoms with Crippen LogP contribution < -0.4 is 5.73 Å². The lowest BCUT2D eigenvalue weighted by molar-refractivity contribution is 0.259. The number of aliphatic hydroxyl groups excluding tert-OH is 1. The van der Waals surface area contributed by atoms with Gasteiger partial charge in [0.15, 0.2) is 5.82 Å². The Kier molecular flexibility index (Phi) is 5.28. The fourth-order valence-corrected chi connectivity index (χ4v) is 1.30. The highest BCUT2D eigenvalue weighted by Gasteiger charge is 2.12. The summed E-state index contributed by atoms with van der Waals surface area (Å²) in [5.41, 5.74) is 5.55. The van der Waals surface area contributed by atoms with E-state index in [1.807, 2.05) is 0 Å². The van der Waals surface area contributed by atoms with Gasteiger partial charge < -0.3 is 15.4 Å². The second-order valence-electron chi connectivity index (χ2n) is 3.65. The van der Waals surface area contributed by atoms with Crippen LogP contribution in [0.25, 0.3) is 0 Å². The molecule has 1 atom stereocenters. The molecule has 0 amide bonds. The molecule has 0 bridgehead atoms. The first-order valence-electron chi connectivity index (χ1n) is 5.46. The topological polar surface area (TPSA) is 85.2 Å². The van der Waals surface area contributed by atoms with Gasteiger partial charge in [-0.15, -0.1) is 0 Å². The van der Waals surface area contributed by atoms with Gasteiger partial charge in [-0.2, -0.15) is 4.98 Å². The molecule has 0 spiro atoms. The zero-order chi connectivity index (χ0) is 11.1. The van der Waals surface area contributed by atoms with Crippen LogP contribution in [0.2, 0.25) is 0 Å². The summed E-state index contributed by atoms with van der Waals surface area (Å²) >= 11 is 0. The van der Waals surface area contributed by atoms with Crippen molar-refractivity contribution in [2.75, 3.05) is 6.61 Å². The van der Waals surface area contributed by atoms with E-state index in [9.17, 15) is 0 Å². The highest BCUT2D eigenvalue weighted by molar-refractivity contribution is 4.92. The molecule has 1 aromatic rings. The fraction of sp³-hybridized carbons (Fsp3) is 0.800. The van der Waals surface area contributed by atoms with Crippen molar-refractivity contribution >= 4 is 0 Å². The maximum atomic E-state index is 8.80. The van der Waals surface area contributed by atoms with Crippen molar-refractivity contribution in [2.24, 2.45) is 5.73 Å². The van der Waals surface area contributed by atoms with Crippen LogP contribution in [0.1, 0.15) is 50.4 Å². The molecule has 0 aliphatic rings. The van der Waals surface area contributed by atoms with Crippen molar-refractivity contribution in [1.82, 2.24) is 10.1 Å². The second-order valence-corrected chi connectivity index (χ2v) is 3.65. The molecule has 1 unspecified atom stereocenters. The van der Waals surface area contributed by atoms with Crippen molar-refractivity contribution in [3.05, 3.63) is 11.7 Å². The highest BCUT2D eigenvalue weighted by atomic mass is 16.5. The number of nitrogens with zero attached hydrogens (tertiary/aromatic N) is 2. The molecule has 0 aliphatic carbocycles. The summed E-state index contributed by atoms with van der Waals surface area (Å²) in [5, 5.41) is 12.5. The van der Waals surface area contributed by atoms with Gasteiger partial charge in [0.2, 0.25) is 5.89 Å². The van der Waals surface area contributed by atoms with E-state index in [-0.39, 0.29) is 6.61 Å². The zero-order valence-electron chi connectivity index (χ0n) is 9.15. The first-order valence-corrected chi connectivity index (χ1v) is 5.46. The Morgan fingerprint density at radius 3 is 2.87 bits per heavy atom. The molecule has 0 radical (unpaired) electrons. The maximum Gasteiger partial charge on any atom is 0.226 e. The van der Waals surface area contributed by atoms with Gasteiger partial charge in [0.05, 0.1) is 12.6 Å². The van der Waals surface area contributed by atoms with Crippen LogP contribution in [-0.2, 0) is 6.42 Å². The number of aliphatic hydroxyl groups is 1. The summed E-state index contributed by atoms with van der Waals surface area (Å²) in [4.78, 5) is 4.12. The molecule has 15 heavy (non-hydrogen) atoms. The van der Waals surface area contributed by atoms with Crippen LogP contribution in [0.15, 0.2) is 4.52 Å². The monoisotopic (exact) mass is 213 g/mol. The van der Waals surface area contributed by atoms with Crippen molar-refractivity contribution in [3.8, 4) is 0 Å². The molecule has 0 aliphatic heterocycles. The molecular formula is C10H19N3O2. The average molecular weight is 213 g/mol. The lowest BCUT2D eigenvalue weighted by Gasteiger charge is -1.98. The van der Waals surface area contributed by atoms with Crippen LogP contribution >= 0.6 is 0 Å². The quantitative estimate of drug-likeness (QED) is 0.664. The summed E-state index contributed by atoms with van der Waals surface area (Å²) < 4.78 is 5.02. The Hall–Kier alpha value is -0.940. The summed E-state index contributed by atoms with van der Waals surface area (Å²) in [6.45, 7) is 2.01. The summed E-state index contributed by atoms with van der Waals surface area (Å²) in [6, 6.07) is -0.529. The minimum Gasteiger partial charge on any atom is -0.394 e. The average Bonchev–Trinajstić information content (AvgIpc) is 2.72. The number of unbranched alkanes of at least 4 members (excludes halogenated alkanes) is 3. The van der Waals surface area contributed by atoms with Gasteiger partial charge in [0.25, 0.3) is 0 Å². The fourth-order valence-electron chi connectivity index (χ4n) is 1.30. The first kappa shape index (κ1) is 12.1. The standard InChI is InChI=1S/C10H19N3O2/c1-2-3-4-5-6-9-12-10(13-15-9)8(11)7-14/h8,14H,2-7,11H2,1H3. The van der Waals surface area contributed by atoms with Gasteiger partial charge in [-0.05, 0) is 6.42 Å². The lowest BCUT2D eigenvalue weighted by Crippen LogP contribution is -2.16. The smallest absolute Gasteiger partial charge is 0.226 e. The van der Waals surface area contributed by atoms with Crippen molar-refractivity contribution < 1.29 is 9.63 Å². The predicted octanol–water partition coefficient (Wildman–Crippen LogP) is 1.18. The third-order valence-corrected chi connectivity index (χ3v) is 2.26. The molecule has 1 heterocycles. The van der Waals surface area contributed by atoms with Crippen LogP contribution in [0.3, 0.4) is 0 Å². The van der Waals surface area contributed by atoms with Crippen molar-refractivity contribution in [1.29, 1.82) is 0 Å². The number of rotatable bonds is 7. The first-order chi connectivity index (χ1) is 7.27. The van der Waals surface area contributed by atoms with Gasteiger partial charge in [-0.3, -0.25) is 0 Å².